The summed E-state index contributed by atoms with van der Waals surface area (Å²) in [5.41, 5.74) is 0.402. The number of rotatable bonds is 6. The largest absolute Gasteiger partial charge is 0.460 e. The van der Waals surface area contributed by atoms with Gasteiger partial charge in [-0.15, -0.1) is 6.58 Å². The van der Waals surface area contributed by atoms with E-state index in [1.54, 1.807) is 13.0 Å². The summed E-state index contributed by atoms with van der Waals surface area (Å²) in [4.78, 5) is 10.8. The Kier molecular flexibility index (Phi) is 6.01. The Morgan fingerprint density at radius 3 is 2.67 bits per heavy atom. The van der Waals surface area contributed by atoms with E-state index in [1.165, 1.54) is 0 Å². The van der Waals surface area contributed by atoms with Crippen LogP contribution in [-0.2, 0) is 14.3 Å². The minimum Gasteiger partial charge on any atom is -0.460 e. The summed E-state index contributed by atoms with van der Waals surface area (Å²) in [5, 5.41) is 0. The van der Waals surface area contributed by atoms with E-state index in [0.29, 0.717) is 18.8 Å². The number of carbonyl (C=O) groups is 1. The Bertz CT molecular complexity index is 173. The van der Waals surface area contributed by atoms with Gasteiger partial charge in [0.2, 0.25) is 0 Å². The van der Waals surface area contributed by atoms with E-state index in [1.807, 2.05) is 0 Å². The molecule has 0 saturated carbocycles. The molecule has 0 aromatic carbocycles. The summed E-state index contributed by atoms with van der Waals surface area (Å²) in [7, 11) is 0. The van der Waals surface area contributed by atoms with Gasteiger partial charge in [-0.1, -0.05) is 12.7 Å². The molecule has 0 N–H and O–H groups in total. The van der Waals surface area contributed by atoms with Gasteiger partial charge < -0.3 is 9.47 Å². The summed E-state index contributed by atoms with van der Waals surface area (Å²) in [5.74, 6) is -0.378. The summed E-state index contributed by atoms with van der Waals surface area (Å²) in [6, 6.07) is 0. The molecule has 0 bridgehead atoms. The van der Waals surface area contributed by atoms with Crippen molar-refractivity contribution < 1.29 is 14.3 Å². The zero-order valence-corrected chi connectivity index (χ0v) is 7.34. The first-order valence-corrected chi connectivity index (χ1v) is 3.69. The van der Waals surface area contributed by atoms with Gasteiger partial charge in [0.25, 0.3) is 0 Å². The second-order valence-corrected chi connectivity index (χ2v) is 2.28. The lowest BCUT2D eigenvalue weighted by atomic mass is 10.4. The van der Waals surface area contributed by atoms with Crippen LogP contribution >= 0.6 is 0 Å². The highest BCUT2D eigenvalue weighted by Gasteiger charge is 2.00. The van der Waals surface area contributed by atoms with E-state index in [9.17, 15) is 4.79 Å². The summed E-state index contributed by atoms with van der Waals surface area (Å²) in [6.07, 6.45) is 1.64. The molecule has 0 spiro atoms. The van der Waals surface area contributed by atoms with Gasteiger partial charge in [-0.2, -0.15) is 0 Å². The SMILES string of the molecule is C=CCOCCOC(=O)C(=C)C. The van der Waals surface area contributed by atoms with Crippen molar-refractivity contribution >= 4 is 5.97 Å². The lowest BCUT2D eigenvalue weighted by molar-refractivity contribution is -0.140. The molecular weight excluding hydrogens is 156 g/mol. The van der Waals surface area contributed by atoms with Gasteiger partial charge in [-0.05, 0) is 6.92 Å². The molecule has 3 heteroatoms. The smallest absolute Gasteiger partial charge is 0.333 e. The third kappa shape index (κ3) is 5.68. The van der Waals surface area contributed by atoms with E-state index in [2.05, 4.69) is 13.2 Å². The Morgan fingerprint density at radius 1 is 1.50 bits per heavy atom. The van der Waals surface area contributed by atoms with Gasteiger partial charge in [0, 0.05) is 5.57 Å². The Labute approximate surface area is 72.7 Å². The summed E-state index contributed by atoms with van der Waals surface area (Å²) >= 11 is 0. The number of hydrogen-bond donors (Lipinski definition) is 0. The van der Waals surface area contributed by atoms with Crippen molar-refractivity contribution in [1.82, 2.24) is 0 Å². The molecule has 68 valence electrons. The first-order chi connectivity index (χ1) is 5.68. The fourth-order valence-corrected chi connectivity index (χ4v) is 0.483. The third-order valence-electron chi connectivity index (χ3n) is 1.04. The normalized spacial score (nSPS) is 9.08. The maximum Gasteiger partial charge on any atom is 0.333 e. The highest BCUT2D eigenvalue weighted by Crippen LogP contribution is 1.91. The first kappa shape index (κ1) is 10.9. The van der Waals surface area contributed by atoms with Crippen LogP contribution in [0.2, 0.25) is 0 Å². The van der Waals surface area contributed by atoms with E-state index in [-0.39, 0.29) is 12.6 Å². The van der Waals surface area contributed by atoms with Gasteiger partial charge in [0.05, 0.1) is 13.2 Å². The van der Waals surface area contributed by atoms with Crippen LogP contribution in [0.1, 0.15) is 6.92 Å². The van der Waals surface area contributed by atoms with Crippen molar-refractivity contribution in [2.75, 3.05) is 19.8 Å². The molecule has 0 aromatic rings. The maximum atomic E-state index is 10.8. The average Bonchev–Trinajstić information content (AvgIpc) is 2.03. The topological polar surface area (TPSA) is 35.5 Å². The van der Waals surface area contributed by atoms with Crippen molar-refractivity contribution in [3.63, 3.8) is 0 Å². The van der Waals surface area contributed by atoms with Crippen LogP contribution in [0.5, 0.6) is 0 Å². The highest BCUT2D eigenvalue weighted by atomic mass is 16.6. The van der Waals surface area contributed by atoms with E-state index < -0.39 is 0 Å². The van der Waals surface area contributed by atoms with Crippen molar-refractivity contribution in [2.45, 2.75) is 6.92 Å². The maximum absolute atomic E-state index is 10.8. The molecule has 0 aliphatic rings. The molecular formula is C9H14O3. The Balaban J connectivity index is 3.25. The van der Waals surface area contributed by atoms with Crippen LogP contribution < -0.4 is 0 Å². The molecule has 0 aliphatic carbocycles. The van der Waals surface area contributed by atoms with E-state index in [0.717, 1.165) is 0 Å². The second kappa shape index (κ2) is 6.61. The molecule has 12 heavy (non-hydrogen) atoms. The second-order valence-electron chi connectivity index (χ2n) is 2.28. The zero-order valence-electron chi connectivity index (χ0n) is 7.34. The van der Waals surface area contributed by atoms with Crippen LogP contribution in [0, 0.1) is 0 Å². The molecule has 0 aromatic heterocycles. The Hall–Kier alpha value is -1.09. The van der Waals surface area contributed by atoms with Gasteiger partial charge in [-0.3, -0.25) is 0 Å². The standard InChI is InChI=1S/C9H14O3/c1-4-5-11-6-7-12-9(10)8(2)3/h4H,1-2,5-7H2,3H3. The van der Waals surface area contributed by atoms with Crippen LogP contribution in [0.25, 0.3) is 0 Å². The lowest BCUT2D eigenvalue weighted by Crippen LogP contribution is -2.10. The molecule has 0 atom stereocenters. The average molecular weight is 170 g/mol. The molecule has 3 nitrogen and oxygen atoms in total. The fourth-order valence-electron chi connectivity index (χ4n) is 0.483. The number of hydrogen-bond acceptors (Lipinski definition) is 3. The minimum absolute atomic E-state index is 0.263. The fraction of sp³-hybridized carbons (Fsp3) is 0.444. The molecule has 0 rings (SSSR count). The predicted octanol–water partition coefficient (Wildman–Crippen LogP) is 1.31. The number of esters is 1. The predicted molar refractivity (Wildman–Crippen MR) is 46.8 cm³/mol. The van der Waals surface area contributed by atoms with Crippen molar-refractivity contribution in [2.24, 2.45) is 0 Å². The van der Waals surface area contributed by atoms with Gasteiger partial charge >= 0.3 is 5.97 Å². The molecule has 0 saturated heterocycles. The van der Waals surface area contributed by atoms with Crippen LogP contribution in [0.4, 0.5) is 0 Å². The molecule has 0 fully saturated rings. The van der Waals surface area contributed by atoms with Crippen LogP contribution in [-0.4, -0.2) is 25.8 Å². The van der Waals surface area contributed by atoms with Crippen LogP contribution in [0.15, 0.2) is 24.8 Å². The van der Waals surface area contributed by atoms with E-state index >= 15 is 0 Å². The minimum atomic E-state index is -0.378. The van der Waals surface area contributed by atoms with Crippen molar-refractivity contribution in [3.05, 3.63) is 24.8 Å². The summed E-state index contributed by atoms with van der Waals surface area (Å²) in [6.45, 7) is 9.65. The van der Waals surface area contributed by atoms with Gasteiger partial charge in [0.15, 0.2) is 0 Å². The van der Waals surface area contributed by atoms with Crippen LogP contribution in [0.3, 0.4) is 0 Å². The number of carbonyl (C=O) groups excluding carboxylic acids is 1. The zero-order chi connectivity index (χ0) is 9.40. The monoisotopic (exact) mass is 170 g/mol. The van der Waals surface area contributed by atoms with Gasteiger partial charge in [-0.25, -0.2) is 4.79 Å². The molecule has 0 heterocycles. The lowest BCUT2D eigenvalue weighted by Gasteiger charge is -2.03. The molecule has 0 radical (unpaired) electrons. The highest BCUT2D eigenvalue weighted by molar-refractivity contribution is 5.86. The Morgan fingerprint density at radius 2 is 2.17 bits per heavy atom. The molecule has 0 unspecified atom stereocenters. The van der Waals surface area contributed by atoms with Gasteiger partial charge in [0.1, 0.15) is 6.61 Å². The first-order valence-electron chi connectivity index (χ1n) is 3.69. The molecule has 0 aliphatic heterocycles. The number of ether oxygens (including phenoxy) is 2. The van der Waals surface area contributed by atoms with Crippen molar-refractivity contribution in [1.29, 1.82) is 0 Å². The van der Waals surface area contributed by atoms with E-state index in [4.69, 9.17) is 9.47 Å². The third-order valence-corrected chi connectivity index (χ3v) is 1.04. The summed E-state index contributed by atoms with van der Waals surface area (Å²) < 4.78 is 9.74. The van der Waals surface area contributed by atoms with Crippen molar-refractivity contribution in [3.8, 4) is 0 Å². The quantitative estimate of drug-likeness (QED) is 0.261. The molecule has 0 amide bonds.